The van der Waals surface area contributed by atoms with Gasteiger partial charge >= 0.3 is 0 Å². The Bertz CT molecular complexity index is 660. The van der Waals surface area contributed by atoms with Crippen molar-refractivity contribution in [2.45, 2.75) is 39.5 Å². The van der Waals surface area contributed by atoms with Crippen molar-refractivity contribution in [3.05, 3.63) is 77.4 Å². The van der Waals surface area contributed by atoms with Crippen LogP contribution in [0.3, 0.4) is 0 Å². The van der Waals surface area contributed by atoms with E-state index in [1.807, 2.05) is 18.2 Å². The highest BCUT2D eigenvalue weighted by Gasteiger charge is 2.17. The molecule has 23 heavy (non-hydrogen) atoms. The maximum absolute atomic E-state index is 12.2. The minimum absolute atomic E-state index is 0.0535. The second-order valence-electron chi connectivity index (χ2n) is 6.02. The molecule has 1 aromatic carbocycles. The molecule has 2 rings (SSSR count). The van der Waals surface area contributed by atoms with E-state index in [0.29, 0.717) is 0 Å². The summed E-state index contributed by atoms with van der Waals surface area (Å²) in [6, 6.07) is 8.06. The summed E-state index contributed by atoms with van der Waals surface area (Å²) in [5.41, 5.74) is 5.46. The Kier molecular flexibility index (Phi) is 6.16. The summed E-state index contributed by atoms with van der Waals surface area (Å²) in [5, 5.41) is 3.00. The van der Waals surface area contributed by atoms with E-state index < -0.39 is 0 Å². The number of benzene rings is 1. The number of hydrogen-bond acceptors (Lipinski definition) is 1. The molecule has 0 bridgehead atoms. The minimum atomic E-state index is 0.0535. The lowest BCUT2D eigenvalue weighted by Gasteiger charge is -2.07. The van der Waals surface area contributed by atoms with Crippen LogP contribution in [0.2, 0.25) is 0 Å². The molecular weight excluding hydrogens is 282 g/mol. The molecule has 0 saturated carbocycles. The van der Waals surface area contributed by atoms with Crippen LogP contribution in [0, 0.1) is 0 Å². The Balaban J connectivity index is 1.92. The molecule has 1 aliphatic carbocycles. The van der Waals surface area contributed by atoms with Crippen molar-refractivity contribution in [3.63, 3.8) is 0 Å². The van der Waals surface area contributed by atoms with Crippen LogP contribution in [0.1, 0.15) is 38.7 Å². The van der Waals surface area contributed by atoms with Gasteiger partial charge in [0, 0.05) is 11.3 Å². The second kappa shape index (κ2) is 8.33. The molecule has 0 spiro atoms. The Morgan fingerprint density at radius 3 is 2.61 bits per heavy atom. The van der Waals surface area contributed by atoms with Gasteiger partial charge in [0.15, 0.2) is 0 Å². The molecule has 0 fully saturated rings. The van der Waals surface area contributed by atoms with Crippen molar-refractivity contribution >= 4 is 11.6 Å². The maximum atomic E-state index is 12.2. The Hall–Kier alpha value is -2.35. The summed E-state index contributed by atoms with van der Waals surface area (Å²) in [5.74, 6) is 0.0535. The fourth-order valence-corrected chi connectivity index (χ4v) is 2.75. The van der Waals surface area contributed by atoms with Crippen LogP contribution in [0.4, 0.5) is 5.69 Å². The van der Waals surface area contributed by atoms with Gasteiger partial charge in [-0.25, -0.2) is 0 Å². The van der Waals surface area contributed by atoms with Gasteiger partial charge in [-0.3, -0.25) is 4.79 Å². The lowest BCUT2D eigenvalue weighted by atomic mass is 10.1. The standard InChI is InChI=1S/C21H25NO/c1-4-7-16(2)8-5-10-18-12-14-19(15-13-18)22-21(23)20-11-6-9-17(20)3/h4-5,7-8,12-15H,1,6,9-11H2,2-3H3,(H,22,23)/b8-5-,16-7-. The average molecular weight is 307 g/mol. The fourth-order valence-electron chi connectivity index (χ4n) is 2.75. The summed E-state index contributed by atoms with van der Waals surface area (Å²) in [4.78, 5) is 12.2. The van der Waals surface area contributed by atoms with Crippen LogP contribution in [-0.2, 0) is 11.2 Å². The maximum Gasteiger partial charge on any atom is 0.251 e. The third-order valence-corrected chi connectivity index (χ3v) is 4.09. The zero-order valence-corrected chi connectivity index (χ0v) is 14.1. The predicted molar refractivity (Wildman–Crippen MR) is 98.4 cm³/mol. The lowest BCUT2D eigenvalue weighted by molar-refractivity contribution is -0.113. The van der Waals surface area contributed by atoms with Gasteiger partial charge < -0.3 is 5.32 Å². The molecule has 120 valence electrons. The van der Waals surface area contributed by atoms with Crippen LogP contribution in [0.25, 0.3) is 0 Å². The number of carbonyl (C=O) groups excluding carboxylic acids is 1. The summed E-state index contributed by atoms with van der Waals surface area (Å²) in [7, 11) is 0. The zero-order chi connectivity index (χ0) is 16.7. The Morgan fingerprint density at radius 2 is 2.00 bits per heavy atom. The molecule has 1 aromatic rings. The molecular formula is C21H25NO. The average Bonchev–Trinajstić information content (AvgIpc) is 2.95. The first-order chi connectivity index (χ1) is 11.1. The van der Waals surface area contributed by atoms with E-state index in [4.69, 9.17) is 0 Å². The highest BCUT2D eigenvalue weighted by Crippen LogP contribution is 2.26. The van der Waals surface area contributed by atoms with E-state index in [1.54, 1.807) is 6.08 Å². The smallest absolute Gasteiger partial charge is 0.251 e. The van der Waals surface area contributed by atoms with Gasteiger partial charge in [0.2, 0.25) is 0 Å². The van der Waals surface area contributed by atoms with Gasteiger partial charge in [0.25, 0.3) is 5.91 Å². The van der Waals surface area contributed by atoms with Gasteiger partial charge in [-0.1, -0.05) is 54.2 Å². The molecule has 0 unspecified atom stereocenters. The first-order valence-electron chi connectivity index (χ1n) is 8.15. The Labute approximate surface area is 139 Å². The van der Waals surface area contributed by atoms with E-state index >= 15 is 0 Å². The number of nitrogens with one attached hydrogen (secondary N) is 1. The first-order valence-corrected chi connectivity index (χ1v) is 8.15. The molecule has 1 aliphatic rings. The number of carbonyl (C=O) groups is 1. The van der Waals surface area contributed by atoms with Crippen molar-refractivity contribution in [1.82, 2.24) is 0 Å². The van der Waals surface area contributed by atoms with Gasteiger partial charge in [-0.2, -0.15) is 0 Å². The quantitative estimate of drug-likeness (QED) is 0.705. The molecule has 0 saturated heterocycles. The van der Waals surface area contributed by atoms with Gasteiger partial charge in [-0.05, 0) is 57.2 Å². The van der Waals surface area contributed by atoms with Crippen molar-refractivity contribution < 1.29 is 4.79 Å². The molecule has 0 aliphatic heterocycles. The van der Waals surface area contributed by atoms with E-state index in [2.05, 4.69) is 50.0 Å². The van der Waals surface area contributed by atoms with Crippen LogP contribution < -0.4 is 5.32 Å². The minimum Gasteiger partial charge on any atom is -0.322 e. The van der Waals surface area contributed by atoms with Crippen molar-refractivity contribution in [1.29, 1.82) is 0 Å². The van der Waals surface area contributed by atoms with Crippen LogP contribution in [0.15, 0.2) is 71.9 Å². The number of rotatable bonds is 6. The van der Waals surface area contributed by atoms with E-state index in [9.17, 15) is 4.79 Å². The number of allylic oxidation sites excluding steroid dienone is 6. The molecule has 0 heterocycles. The van der Waals surface area contributed by atoms with Crippen LogP contribution in [0.5, 0.6) is 0 Å². The summed E-state index contributed by atoms with van der Waals surface area (Å²) in [6.45, 7) is 7.79. The summed E-state index contributed by atoms with van der Waals surface area (Å²) in [6.07, 6.45) is 11.9. The van der Waals surface area contributed by atoms with Crippen LogP contribution >= 0.6 is 0 Å². The van der Waals surface area contributed by atoms with E-state index in [0.717, 1.165) is 36.9 Å². The molecule has 1 N–H and O–H groups in total. The molecule has 1 amide bonds. The monoisotopic (exact) mass is 307 g/mol. The largest absolute Gasteiger partial charge is 0.322 e. The summed E-state index contributed by atoms with van der Waals surface area (Å²) < 4.78 is 0. The third kappa shape index (κ3) is 5.10. The van der Waals surface area contributed by atoms with Gasteiger partial charge in [0.05, 0.1) is 0 Å². The SMILES string of the molecule is C=C/C=C(C)\C=C/Cc1ccc(NC(=O)C2=C(C)CCC2)cc1. The number of amides is 1. The van der Waals surface area contributed by atoms with Crippen molar-refractivity contribution in [2.24, 2.45) is 0 Å². The fraction of sp³-hybridized carbons (Fsp3) is 0.286. The molecule has 0 atom stereocenters. The van der Waals surface area contributed by atoms with Crippen LogP contribution in [-0.4, -0.2) is 5.91 Å². The van der Waals surface area contributed by atoms with Gasteiger partial charge in [0.1, 0.15) is 0 Å². The first kappa shape index (κ1) is 17.0. The molecule has 0 aromatic heterocycles. The van der Waals surface area contributed by atoms with E-state index in [-0.39, 0.29) is 5.91 Å². The second-order valence-corrected chi connectivity index (χ2v) is 6.02. The van der Waals surface area contributed by atoms with E-state index in [1.165, 1.54) is 16.7 Å². The summed E-state index contributed by atoms with van der Waals surface area (Å²) >= 11 is 0. The predicted octanol–water partition coefficient (Wildman–Crippen LogP) is 5.36. The molecule has 0 radical (unpaired) electrons. The molecule has 2 heteroatoms. The lowest BCUT2D eigenvalue weighted by Crippen LogP contribution is -2.14. The van der Waals surface area contributed by atoms with Crippen molar-refractivity contribution in [2.75, 3.05) is 5.32 Å². The van der Waals surface area contributed by atoms with Crippen molar-refractivity contribution in [3.8, 4) is 0 Å². The number of hydrogen-bond donors (Lipinski definition) is 1. The topological polar surface area (TPSA) is 29.1 Å². The number of anilines is 1. The molecule has 2 nitrogen and oxygen atoms in total. The van der Waals surface area contributed by atoms with Gasteiger partial charge in [-0.15, -0.1) is 0 Å². The zero-order valence-electron chi connectivity index (χ0n) is 14.1. The third-order valence-electron chi connectivity index (χ3n) is 4.09. The Morgan fingerprint density at radius 1 is 1.26 bits per heavy atom. The highest BCUT2D eigenvalue weighted by atomic mass is 16.1. The highest BCUT2D eigenvalue weighted by molar-refractivity contribution is 6.04. The normalized spacial score (nSPS) is 15.3.